The number of hydrogen-bond donors (Lipinski definition) is 1. The number of carbonyl (C=O) groups excluding carboxylic acids is 3. The summed E-state index contributed by atoms with van der Waals surface area (Å²) in [4.78, 5) is 37.8. The number of nitrogens with zero attached hydrogens (tertiary/aromatic N) is 1. The van der Waals surface area contributed by atoms with Gasteiger partial charge in [-0.3, -0.25) is 19.3 Å². The maximum atomic E-state index is 12.7. The van der Waals surface area contributed by atoms with Crippen LogP contribution in [0.5, 0.6) is 0 Å². The van der Waals surface area contributed by atoms with Gasteiger partial charge in [-0.25, -0.2) is 0 Å². The van der Waals surface area contributed by atoms with Crippen molar-refractivity contribution in [3.05, 3.63) is 65.2 Å². The Morgan fingerprint density at radius 1 is 1.00 bits per heavy atom. The average molecular weight is 320 g/mol. The highest BCUT2D eigenvalue weighted by Crippen LogP contribution is 2.49. The van der Waals surface area contributed by atoms with E-state index in [0.717, 1.165) is 23.3 Å². The Morgan fingerprint density at radius 3 is 2.33 bits per heavy atom. The van der Waals surface area contributed by atoms with Crippen LogP contribution in [0.15, 0.2) is 48.5 Å². The fourth-order valence-electron chi connectivity index (χ4n) is 3.22. The van der Waals surface area contributed by atoms with Crippen molar-refractivity contribution in [2.24, 2.45) is 0 Å². The molecule has 3 amide bonds. The first-order valence-corrected chi connectivity index (χ1v) is 7.86. The van der Waals surface area contributed by atoms with Crippen molar-refractivity contribution in [3.63, 3.8) is 0 Å². The summed E-state index contributed by atoms with van der Waals surface area (Å²) in [7, 11) is 1.46. The summed E-state index contributed by atoms with van der Waals surface area (Å²) in [6.07, 6.45) is 1.63. The maximum Gasteiger partial charge on any atom is 0.261 e. The lowest BCUT2D eigenvalue weighted by Crippen LogP contribution is -2.27. The second kappa shape index (κ2) is 5.03. The minimum atomic E-state index is -0.475. The quantitative estimate of drug-likeness (QED) is 0.884. The molecule has 4 rings (SSSR count). The maximum absolute atomic E-state index is 12.7. The molecule has 0 saturated heterocycles. The molecule has 0 aromatic heterocycles. The Morgan fingerprint density at radius 2 is 1.67 bits per heavy atom. The Hall–Kier alpha value is -2.95. The number of imide groups is 1. The number of fused-ring (bicyclic) bond motifs is 1. The SMILES string of the molecule is CN1C(=O)c2ccc(NC(=O)C3(c4ccccc4)CC3)cc2C1=O. The zero-order valence-electron chi connectivity index (χ0n) is 13.2. The predicted molar refractivity (Wildman–Crippen MR) is 88.8 cm³/mol. The number of carbonyl (C=O) groups is 3. The first-order valence-electron chi connectivity index (χ1n) is 7.86. The fourth-order valence-corrected chi connectivity index (χ4v) is 3.22. The summed E-state index contributed by atoms with van der Waals surface area (Å²) in [5, 5.41) is 2.90. The van der Waals surface area contributed by atoms with Crippen LogP contribution in [0.2, 0.25) is 0 Å². The fraction of sp³-hybridized carbons (Fsp3) is 0.211. The monoisotopic (exact) mass is 320 g/mol. The second-order valence-electron chi connectivity index (χ2n) is 6.33. The Labute approximate surface area is 139 Å². The van der Waals surface area contributed by atoms with Gasteiger partial charge in [0.05, 0.1) is 16.5 Å². The van der Waals surface area contributed by atoms with Gasteiger partial charge in [-0.1, -0.05) is 30.3 Å². The Bertz CT molecular complexity index is 869. The topological polar surface area (TPSA) is 66.5 Å². The molecule has 5 nitrogen and oxygen atoms in total. The smallest absolute Gasteiger partial charge is 0.261 e. The van der Waals surface area contributed by atoms with E-state index < -0.39 is 5.41 Å². The molecule has 5 heteroatoms. The van der Waals surface area contributed by atoms with Crippen LogP contribution in [0.3, 0.4) is 0 Å². The molecule has 120 valence electrons. The van der Waals surface area contributed by atoms with E-state index in [1.165, 1.54) is 7.05 Å². The molecule has 0 bridgehead atoms. The molecule has 1 aliphatic carbocycles. The van der Waals surface area contributed by atoms with Gasteiger partial charge in [0, 0.05) is 12.7 Å². The molecule has 1 aliphatic heterocycles. The number of amides is 3. The Kier molecular flexibility index (Phi) is 3.06. The molecule has 0 spiro atoms. The van der Waals surface area contributed by atoms with E-state index >= 15 is 0 Å². The lowest BCUT2D eigenvalue weighted by Gasteiger charge is -2.16. The third kappa shape index (κ3) is 2.05. The third-order valence-electron chi connectivity index (χ3n) is 4.86. The van der Waals surface area contributed by atoms with Crippen LogP contribution in [0.4, 0.5) is 5.69 Å². The van der Waals surface area contributed by atoms with Crippen molar-refractivity contribution < 1.29 is 14.4 Å². The minimum Gasteiger partial charge on any atom is -0.325 e. The van der Waals surface area contributed by atoms with Crippen LogP contribution >= 0.6 is 0 Å². The first-order chi connectivity index (χ1) is 11.5. The van der Waals surface area contributed by atoms with Gasteiger partial charge in [0.25, 0.3) is 11.8 Å². The standard InChI is InChI=1S/C19H16N2O3/c1-21-16(22)14-8-7-13(11-15(14)17(21)23)20-18(24)19(9-10-19)12-5-3-2-4-6-12/h2-8,11H,9-10H2,1H3,(H,20,24). The number of nitrogens with one attached hydrogen (secondary N) is 1. The summed E-state index contributed by atoms with van der Waals surface area (Å²) in [6.45, 7) is 0. The molecule has 2 aromatic carbocycles. The molecule has 2 aliphatic rings. The van der Waals surface area contributed by atoms with Gasteiger partial charge < -0.3 is 5.32 Å². The number of rotatable bonds is 3. The molecule has 1 N–H and O–H groups in total. The van der Waals surface area contributed by atoms with Crippen LogP contribution in [0.1, 0.15) is 39.1 Å². The van der Waals surface area contributed by atoms with E-state index in [-0.39, 0.29) is 17.7 Å². The van der Waals surface area contributed by atoms with Gasteiger partial charge >= 0.3 is 0 Å². The van der Waals surface area contributed by atoms with Crippen LogP contribution in [-0.2, 0) is 10.2 Å². The first kappa shape index (κ1) is 14.6. The van der Waals surface area contributed by atoms with Crippen molar-refractivity contribution >= 4 is 23.4 Å². The highest BCUT2D eigenvalue weighted by atomic mass is 16.2. The summed E-state index contributed by atoms with van der Waals surface area (Å²) < 4.78 is 0. The molecule has 0 unspecified atom stereocenters. The van der Waals surface area contributed by atoms with E-state index in [0.29, 0.717) is 16.8 Å². The van der Waals surface area contributed by atoms with Crippen LogP contribution < -0.4 is 5.32 Å². The van der Waals surface area contributed by atoms with Gasteiger partial charge in [0.2, 0.25) is 5.91 Å². The zero-order valence-corrected chi connectivity index (χ0v) is 13.2. The number of benzene rings is 2. The van der Waals surface area contributed by atoms with Gasteiger partial charge in [-0.05, 0) is 36.6 Å². The van der Waals surface area contributed by atoms with Gasteiger partial charge in [0.1, 0.15) is 0 Å². The normalized spacial score (nSPS) is 17.6. The molecule has 24 heavy (non-hydrogen) atoms. The second-order valence-corrected chi connectivity index (χ2v) is 6.33. The molecule has 1 fully saturated rings. The van der Waals surface area contributed by atoms with E-state index in [9.17, 15) is 14.4 Å². The highest BCUT2D eigenvalue weighted by Gasteiger charge is 2.51. The Balaban J connectivity index is 1.60. The van der Waals surface area contributed by atoms with Crippen molar-refractivity contribution in [1.82, 2.24) is 4.90 Å². The minimum absolute atomic E-state index is 0.0706. The van der Waals surface area contributed by atoms with Gasteiger partial charge in [-0.15, -0.1) is 0 Å². The molecular formula is C19H16N2O3. The largest absolute Gasteiger partial charge is 0.325 e. The predicted octanol–water partition coefficient (Wildman–Crippen LogP) is 2.58. The van der Waals surface area contributed by atoms with Crippen LogP contribution in [0.25, 0.3) is 0 Å². The highest BCUT2D eigenvalue weighted by molar-refractivity contribution is 6.21. The number of hydrogen-bond acceptors (Lipinski definition) is 3. The van der Waals surface area contributed by atoms with Crippen LogP contribution in [-0.4, -0.2) is 29.7 Å². The van der Waals surface area contributed by atoms with E-state index in [2.05, 4.69) is 5.32 Å². The van der Waals surface area contributed by atoms with Crippen molar-refractivity contribution in [1.29, 1.82) is 0 Å². The van der Waals surface area contributed by atoms with Crippen LogP contribution in [0, 0.1) is 0 Å². The van der Waals surface area contributed by atoms with Gasteiger partial charge in [-0.2, -0.15) is 0 Å². The summed E-state index contributed by atoms with van der Waals surface area (Å²) in [6, 6.07) is 14.6. The lowest BCUT2D eigenvalue weighted by atomic mass is 9.95. The third-order valence-corrected chi connectivity index (χ3v) is 4.86. The zero-order chi connectivity index (χ0) is 16.9. The van der Waals surface area contributed by atoms with Crippen molar-refractivity contribution in [3.8, 4) is 0 Å². The molecule has 0 atom stereocenters. The van der Waals surface area contributed by atoms with Crippen molar-refractivity contribution in [2.75, 3.05) is 12.4 Å². The van der Waals surface area contributed by atoms with E-state index in [4.69, 9.17) is 0 Å². The summed E-state index contributed by atoms with van der Waals surface area (Å²) >= 11 is 0. The molecule has 1 saturated carbocycles. The number of anilines is 1. The van der Waals surface area contributed by atoms with Gasteiger partial charge in [0.15, 0.2) is 0 Å². The molecule has 0 radical (unpaired) electrons. The van der Waals surface area contributed by atoms with E-state index in [1.54, 1.807) is 18.2 Å². The molecule has 1 heterocycles. The summed E-state index contributed by atoms with van der Waals surface area (Å²) in [5.41, 5.74) is 1.79. The van der Waals surface area contributed by atoms with Crippen molar-refractivity contribution in [2.45, 2.75) is 18.3 Å². The molecule has 2 aromatic rings. The summed E-state index contributed by atoms with van der Waals surface area (Å²) in [5.74, 6) is -0.718. The average Bonchev–Trinajstić information content (AvgIpc) is 3.39. The lowest BCUT2D eigenvalue weighted by molar-refractivity contribution is -0.118. The molecular weight excluding hydrogens is 304 g/mol. The van der Waals surface area contributed by atoms with E-state index in [1.807, 2.05) is 30.3 Å².